The number of hydrogen-bond donors (Lipinski definition) is 3. The van der Waals surface area contributed by atoms with Crippen molar-refractivity contribution in [2.45, 2.75) is 58.2 Å². The molecule has 11 heteroatoms. The minimum atomic E-state index is -1.18. The third-order valence-corrected chi connectivity index (χ3v) is 9.24. The average molecular weight is 681 g/mol. The van der Waals surface area contributed by atoms with Crippen molar-refractivity contribution in [1.82, 2.24) is 20.6 Å². The van der Waals surface area contributed by atoms with Crippen LogP contribution in [0.4, 0.5) is 4.39 Å². The van der Waals surface area contributed by atoms with Gasteiger partial charge in [0.15, 0.2) is 17.4 Å². The van der Waals surface area contributed by atoms with E-state index in [-0.39, 0.29) is 24.2 Å². The smallest absolute Gasteiger partial charge is 0.325 e. The maximum atomic E-state index is 14.8. The zero-order chi connectivity index (χ0) is 35.1. The van der Waals surface area contributed by atoms with Gasteiger partial charge in [-0.25, -0.2) is 14.4 Å². The Balaban J connectivity index is 1.26. The highest BCUT2D eigenvalue weighted by Crippen LogP contribution is 2.30. The van der Waals surface area contributed by atoms with Crippen LogP contribution in [0.5, 0.6) is 5.75 Å². The van der Waals surface area contributed by atoms with Gasteiger partial charge in [0.25, 0.3) is 5.91 Å². The number of nitrogens with zero attached hydrogens (tertiary/aromatic N) is 2. The molecule has 0 spiro atoms. The predicted molar refractivity (Wildman–Crippen MR) is 187 cm³/mol. The minimum Gasteiger partial charge on any atom is -0.486 e. The zero-order valence-corrected chi connectivity index (χ0v) is 28.4. The maximum Gasteiger partial charge on any atom is 0.325 e. The molecule has 252 valence electrons. The van der Waals surface area contributed by atoms with Gasteiger partial charge in [0, 0.05) is 34.8 Å². The number of carboxylic acids is 1. The van der Waals surface area contributed by atoms with Crippen LogP contribution in [0, 0.1) is 5.82 Å². The van der Waals surface area contributed by atoms with Crippen LogP contribution in [0.1, 0.15) is 53.4 Å². The van der Waals surface area contributed by atoms with E-state index in [0.717, 1.165) is 16.0 Å². The molecular formula is C38H37FN4O5S. The molecule has 0 saturated carbocycles. The Labute approximate surface area is 288 Å². The van der Waals surface area contributed by atoms with Gasteiger partial charge in [0.2, 0.25) is 5.91 Å². The maximum absolute atomic E-state index is 14.8. The van der Waals surface area contributed by atoms with Gasteiger partial charge >= 0.3 is 5.97 Å². The lowest BCUT2D eigenvalue weighted by Crippen LogP contribution is -2.51. The van der Waals surface area contributed by atoms with Crippen LogP contribution in [0.25, 0.3) is 22.5 Å². The lowest BCUT2D eigenvalue weighted by Gasteiger charge is -2.20. The zero-order valence-electron chi connectivity index (χ0n) is 27.6. The second-order valence-corrected chi connectivity index (χ2v) is 13.7. The summed E-state index contributed by atoms with van der Waals surface area (Å²) in [4.78, 5) is 48.1. The number of aliphatic carboxylic acids is 1. The van der Waals surface area contributed by atoms with E-state index in [0.29, 0.717) is 27.4 Å². The second kappa shape index (κ2) is 15.2. The second-order valence-electron chi connectivity index (χ2n) is 12.6. The van der Waals surface area contributed by atoms with Gasteiger partial charge in [-0.1, -0.05) is 81.4 Å². The van der Waals surface area contributed by atoms with Gasteiger partial charge in [-0.3, -0.25) is 14.4 Å². The van der Waals surface area contributed by atoms with Gasteiger partial charge in [-0.05, 0) is 53.3 Å². The summed E-state index contributed by atoms with van der Waals surface area (Å²) >= 11 is 1.35. The van der Waals surface area contributed by atoms with Crippen LogP contribution in [0.3, 0.4) is 0 Å². The summed E-state index contributed by atoms with van der Waals surface area (Å²) in [7, 11) is 0. The van der Waals surface area contributed by atoms with E-state index in [1.807, 2.05) is 36.4 Å². The number of aromatic nitrogens is 2. The molecule has 2 heterocycles. The van der Waals surface area contributed by atoms with E-state index in [2.05, 4.69) is 41.4 Å². The molecule has 9 nitrogen and oxygen atoms in total. The van der Waals surface area contributed by atoms with Crippen molar-refractivity contribution < 1.29 is 28.6 Å². The molecule has 2 atom stereocenters. The number of nitrogens with one attached hydrogen (secondary N) is 2. The highest BCUT2D eigenvalue weighted by atomic mass is 32.1. The predicted octanol–water partition coefficient (Wildman–Crippen LogP) is 6.82. The normalized spacial score (nSPS) is 12.5. The molecule has 2 amide bonds. The first-order valence-electron chi connectivity index (χ1n) is 15.7. The van der Waals surface area contributed by atoms with Gasteiger partial charge in [-0.2, -0.15) is 0 Å². The largest absolute Gasteiger partial charge is 0.486 e. The van der Waals surface area contributed by atoms with E-state index in [1.165, 1.54) is 24.3 Å². The Kier molecular flexibility index (Phi) is 10.8. The number of ether oxygens (including phenoxy) is 1. The minimum absolute atomic E-state index is 0.123. The van der Waals surface area contributed by atoms with Crippen molar-refractivity contribution >= 4 is 29.1 Å². The summed E-state index contributed by atoms with van der Waals surface area (Å²) in [5, 5.41) is 14.6. The van der Waals surface area contributed by atoms with E-state index in [4.69, 9.17) is 4.74 Å². The Morgan fingerprint density at radius 3 is 2.14 bits per heavy atom. The van der Waals surface area contributed by atoms with Gasteiger partial charge in [-0.15, -0.1) is 11.3 Å². The van der Waals surface area contributed by atoms with Crippen molar-refractivity contribution in [3.05, 3.63) is 124 Å². The first kappa shape index (κ1) is 34.9. The fourth-order valence-electron chi connectivity index (χ4n) is 4.86. The lowest BCUT2D eigenvalue weighted by molar-refractivity contribution is -0.141. The molecular weight excluding hydrogens is 644 g/mol. The molecule has 0 aliphatic carbocycles. The monoisotopic (exact) mass is 680 g/mol. The van der Waals surface area contributed by atoms with Gasteiger partial charge in [0.1, 0.15) is 18.7 Å². The summed E-state index contributed by atoms with van der Waals surface area (Å²) in [6.07, 6.45) is 3.35. The summed E-state index contributed by atoms with van der Waals surface area (Å²) in [6, 6.07) is 22.9. The fourth-order valence-corrected chi connectivity index (χ4v) is 5.83. The van der Waals surface area contributed by atoms with E-state index in [1.54, 1.807) is 54.9 Å². The molecule has 0 aliphatic rings. The number of carbonyl (C=O) groups excluding carboxylic acids is 2. The van der Waals surface area contributed by atoms with Crippen LogP contribution in [0.15, 0.2) is 97.3 Å². The third-order valence-electron chi connectivity index (χ3n) is 7.73. The van der Waals surface area contributed by atoms with Crippen LogP contribution in [-0.4, -0.2) is 44.9 Å². The Morgan fingerprint density at radius 1 is 0.857 bits per heavy atom. The molecule has 0 fully saturated rings. The summed E-state index contributed by atoms with van der Waals surface area (Å²) in [5.41, 5.74) is 3.49. The topological polar surface area (TPSA) is 131 Å². The lowest BCUT2D eigenvalue weighted by atomic mass is 9.95. The quantitative estimate of drug-likeness (QED) is 0.132. The molecule has 2 unspecified atom stereocenters. The van der Waals surface area contributed by atoms with Crippen LogP contribution < -0.4 is 15.4 Å². The highest BCUT2D eigenvalue weighted by molar-refractivity contribution is 7.14. The molecule has 2 aromatic heterocycles. The van der Waals surface area contributed by atoms with Crippen molar-refractivity contribution in [3.8, 4) is 28.3 Å². The number of carbonyl (C=O) groups is 3. The van der Waals surface area contributed by atoms with Crippen LogP contribution in [0.2, 0.25) is 0 Å². The average Bonchev–Trinajstić information content (AvgIpc) is 3.60. The molecule has 0 radical (unpaired) electrons. The fraction of sp³-hybridized carbons (Fsp3) is 0.237. The number of benzene rings is 3. The number of hydrogen-bond acceptors (Lipinski definition) is 7. The van der Waals surface area contributed by atoms with Crippen molar-refractivity contribution in [1.29, 1.82) is 0 Å². The Morgan fingerprint density at radius 2 is 1.53 bits per heavy atom. The van der Waals surface area contributed by atoms with E-state index < -0.39 is 35.7 Å². The molecule has 3 N–H and O–H groups in total. The molecule has 3 aromatic carbocycles. The number of thiophene rings is 1. The number of halogens is 1. The molecule has 5 rings (SSSR count). The Bertz CT molecular complexity index is 1920. The first-order chi connectivity index (χ1) is 23.4. The van der Waals surface area contributed by atoms with Crippen LogP contribution in [-0.2, 0) is 28.0 Å². The van der Waals surface area contributed by atoms with Crippen molar-refractivity contribution in [3.63, 3.8) is 0 Å². The molecule has 49 heavy (non-hydrogen) atoms. The molecule has 0 bridgehead atoms. The van der Waals surface area contributed by atoms with E-state index >= 15 is 0 Å². The SMILES string of the molecule is CC(NC(=O)C(Cc1ccc(-c2ncc(-c3ccc(OCc4ccccc4)c(F)c3)cn2)cc1)NC(=O)c1ccc(C(C)(C)C)s1)C(=O)O. The third kappa shape index (κ3) is 9.14. The first-order valence-corrected chi connectivity index (χ1v) is 16.5. The number of rotatable bonds is 12. The van der Waals surface area contributed by atoms with Gasteiger partial charge in [0.05, 0.1) is 4.88 Å². The molecule has 0 saturated heterocycles. The standard InChI is InChI=1S/C38H37FN4O5S/c1-23(37(46)47)42-35(44)30(43-36(45)32-16-17-33(49-32)38(2,3)4)18-24-10-12-26(13-11-24)34-40-20-28(21-41-34)27-14-15-31(29(39)19-27)48-22-25-8-6-5-7-9-25/h5-17,19-21,23,30H,18,22H2,1-4H3,(H,42,44)(H,43,45)(H,46,47). The molecule has 5 aromatic rings. The van der Waals surface area contributed by atoms with Crippen LogP contribution >= 0.6 is 11.3 Å². The number of amides is 2. The summed E-state index contributed by atoms with van der Waals surface area (Å²) < 4.78 is 20.5. The summed E-state index contributed by atoms with van der Waals surface area (Å²) in [6.45, 7) is 7.78. The van der Waals surface area contributed by atoms with Gasteiger partial charge < -0.3 is 20.5 Å². The summed E-state index contributed by atoms with van der Waals surface area (Å²) in [5.74, 6) is -2.09. The van der Waals surface area contributed by atoms with Crippen molar-refractivity contribution in [2.24, 2.45) is 0 Å². The van der Waals surface area contributed by atoms with Crippen molar-refractivity contribution in [2.75, 3.05) is 0 Å². The Hall–Kier alpha value is -5.42. The van der Waals surface area contributed by atoms with E-state index in [9.17, 15) is 23.9 Å². The molecule has 0 aliphatic heterocycles. The number of carboxylic acid groups (broad SMARTS) is 1. The highest BCUT2D eigenvalue weighted by Gasteiger charge is 2.26.